The first-order valence-electron chi connectivity index (χ1n) is 4.91. The molecule has 0 spiro atoms. The van der Waals surface area contributed by atoms with Crippen molar-refractivity contribution in [1.29, 1.82) is 0 Å². The Kier molecular flexibility index (Phi) is 2.22. The summed E-state index contributed by atoms with van der Waals surface area (Å²) in [5, 5.41) is 0. The normalized spacial score (nSPS) is 15.7. The maximum absolute atomic E-state index is 12.5. The molecule has 0 atom stereocenters. The molecule has 0 N–H and O–H groups in total. The zero-order valence-corrected chi connectivity index (χ0v) is 9.07. The van der Waals surface area contributed by atoms with Crippen molar-refractivity contribution >= 4 is 11.1 Å². The average Bonchev–Trinajstić information content (AvgIpc) is 2.43. The third kappa shape index (κ3) is 1.47. The van der Waals surface area contributed by atoms with Gasteiger partial charge in [0, 0.05) is 0 Å². The molecule has 1 aliphatic carbocycles. The maximum Gasteiger partial charge on any atom is 0.416 e. The number of hydrogen-bond acceptors (Lipinski definition) is 0. The molecule has 0 heterocycles. The van der Waals surface area contributed by atoms with Crippen molar-refractivity contribution in [3.8, 4) is 0 Å². The fourth-order valence-corrected chi connectivity index (χ4v) is 1.93. The van der Waals surface area contributed by atoms with E-state index in [4.69, 9.17) is 0 Å². The van der Waals surface area contributed by atoms with E-state index in [1.165, 1.54) is 12.1 Å². The van der Waals surface area contributed by atoms with E-state index < -0.39 is 11.7 Å². The Balaban J connectivity index is 2.59. The standard InChI is InChI=1S/C13H11F3/c1-7-8(2)11-5-4-10(13(14,15)16)6-12(11)9(7)3/h4-6H,3H2,1-2H3. The lowest BCUT2D eigenvalue weighted by atomic mass is 10.0. The second-order valence-electron chi connectivity index (χ2n) is 3.99. The van der Waals surface area contributed by atoms with Crippen molar-refractivity contribution < 1.29 is 13.2 Å². The number of alkyl halides is 3. The first kappa shape index (κ1) is 11.0. The van der Waals surface area contributed by atoms with Crippen molar-refractivity contribution in [3.05, 3.63) is 47.0 Å². The molecule has 3 heteroatoms. The first-order valence-corrected chi connectivity index (χ1v) is 4.91. The van der Waals surface area contributed by atoms with Crippen LogP contribution in [-0.4, -0.2) is 0 Å². The van der Waals surface area contributed by atoms with E-state index in [2.05, 4.69) is 6.58 Å². The summed E-state index contributed by atoms with van der Waals surface area (Å²) >= 11 is 0. The van der Waals surface area contributed by atoms with E-state index in [0.29, 0.717) is 11.1 Å². The van der Waals surface area contributed by atoms with Crippen molar-refractivity contribution in [2.45, 2.75) is 20.0 Å². The van der Waals surface area contributed by atoms with E-state index >= 15 is 0 Å². The van der Waals surface area contributed by atoms with E-state index in [1.54, 1.807) is 0 Å². The Bertz CT molecular complexity index is 504. The van der Waals surface area contributed by atoms with Crippen LogP contribution in [0.15, 0.2) is 30.4 Å². The molecular weight excluding hydrogens is 213 g/mol. The highest BCUT2D eigenvalue weighted by molar-refractivity contribution is 5.98. The summed E-state index contributed by atoms with van der Waals surface area (Å²) in [7, 11) is 0. The third-order valence-electron chi connectivity index (χ3n) is 3.09. The SMILES string of the molecule is C=C1C(C)=C(C)c2ccc(C(F)(F)F)cc21. The highest BCUT2D eigenvalue weighted by atomic mass is 19.4. The number of hydrogen-bond donors (Lipinski definition) is 0. The Morgan fingerprint density at radius 3 is 2.19 bits per heavy atom. The minimum Gasteiger partial charge on any atom is -0.166 e. The summed E-state index contributed by atoms with van der Waals surface area (Å²) in [5.74, 6) is 0. The van der Waals surface area contributed by atoms with Crippen LogP contribution >= 0.6 is 0 Å². The Hall–Kier alpha value is -1.51. The molecule has 16 heavy (non-hydrogen) atoms. The average molecular weight is 224 g/mol. The predicted octanol–water partition coefficient (Wildman–Crippen LogP) is 4.53. The molecule has 0 saturated heterocycles. The van der Waals surface area contributed by atoms with Crippen molar-refractivity contribution in [2.75, 3.05) is 0 Å². The number of halogens is 3. The Morgan fingerprint density at radius 1 is 1.00 bits per heavy atom. The molecule has 1 aromatic carbocycles. The van der Waals surface area contributed by atoms with Gasteiger partial charge in [0.15, 0.2) is 0 Å². The van der Waals surface area contributed by atoms with Gasteiger partial charge in [0.05, 0.1) is 5.56 Å². The highest BCUT2D eigenvalue weighted by Gasteiger charge is 2.32. The monoisotopic (exact) mass is 224 g/mol. The maximum atomic E-state index is 12.5. The van der Waals surface area contributed by atoms with Crippen molar-refractivity contribution in [2.24, 2.45) is 0 Å². The summed E-state index contributed by atoms with van der Waals surface area (Å²) in [6.45, 7) is 7.61. The fraction of sp³-hybridized carbons (Fsp3) is 0.231. The van der Waals surface area contributed by atoms with Crippen LogP contribution in [0, 0.1) is 0 Å². The number of allylic oxidation sites excluding steroid dienone is 3. The molecule has 0 fully saturated rings. The largest absolute Gasteiger partial charge is 0.416 e. The molecule has 0 amide bonds. The van der Waals surface area contributed by atoms with Crippen molar-refractivity contribution in [1.82, 2.24) is 0 Å². The van der Waals surface area contributed by atoms with Gasteiger partial charge >= 0.3 is 6.18 Å². The number of benzene rings is 1. The molecule has 1 aliphatic rings. The summed E-state index contributed by atoms with van der Waals surface area (Å²) in [4.78, 5) is 0. The van der Waals surface area contributed by atoms with Crippen LogP contribution in [0.25, 0.3) is 11.1 Å². The van der Waals surface area contributed by atoms with Gasteiger partial charge in [-0.3, -0.25) is 0 Å². The molecule has 0 aliphatic heterocycles. The van der Waals surface area contributed by atoms with Crippen LogP contribution in [0.2, 0.25) is 0 Å². The highest BCUT2D eigenvalue weighted by Crippen LogP contribution is 2.42. The van der Waals surface area contributed by atoms with E-state index in [0.717, 1.165) is 22.8 Å². The zero-order chi connectivity index (χ0) is 12.1. The minimum absolute atomic E-state index is 0.602. The van der Waals surface area contributed by atoms with Gasteiger partial charge in [-0.2, -0.15) is 13.2 Å². The third-order valence-corrected chi connectivity index (χ3v) is 3.09. The van der Waals surface area contributed by atoms with Gasteiger partial charge < -0.3 is 0 Å². The van der Waals surface area contributed by atoms with Crippen LogP contribution < -0.4 is 0 Å². The Morgan fingerprint density at radius 2 is 1.62 bits per heavy atom. The lowest BCUT2D eigenvalue weighted by Gasteiger charge is -2.09. The van der Waals surface area contributed by atoms with Crippen molar-refractivity contribution in [3.63, 3.8) is 0 Å². The summed E-state index contributed by atoms with van der Waals surface area (Å²) in [6.07, 6.45) is -4.29. The molecule has 84 valence electrons. The summed E-state index contributed by atoms with van der Waals surface area (Å²) < 4.78 is 37.6. The van der Waals surface area contributed by atoms with Gasteiger partial charge in [-0.1, -0.05) is 12.6 Å². The molecule has 0 bridgehead atoms. The molecule has 0 saturated carbocycles. The molecular formula is C13H11F3. The number of fused-ring (bicyclic) bond motifs is 1. The lowest BCUT2D eigenvalue weighted by Crippen LogP contribution is -2.05. The smallest absolute Gasteiger partial charge is 0.166 e. The van der Waals surface area contributed by atoms with Crippen LogP contribution in [0.4, 0.5) is 13.2 Å². The molecule has 0 aromatic heterocycles. The van der Waals surface area contributed by atoms with Gasteiger partial charge in [0.2, 0.25) is 0 Å². The van der Waals surface area contributed by atoms with Gasteiger partial charge in [0.25, 0.3) is 0 Å². The molecule has 0 unspecified atom stereocenters. The van der Waals surface area contributed by atoms with Gasteiger partial charge in [0.1, 0.15) is 0 Å². The lowest BCUT2D eigenvalue weighted by molar-refractivity contribution is -0.137. The molecule has 2 rings (SSSR count). The second kappa shape index (κ2) is 3.24. The fourth-order valence-electron chi connectivity index (χ4n) is 1.93. The minimum atomic E-state index is -4.29. The van der Waals surface area contributed by atoms with Gasteiger partial charge in [-0.15, -0.1) is 0 Å². The molecule has 1 aromatic rings. The quantitative estimate of drug-likeness (QED) is 0.607. The summed E-state index contributed by atoms with van der Waals surface area (Å²) in [6, 6.07) is 3.82. The van der Waals surface area contributed by atoms with Crippen LogP contribution in [0.5, 0.6) is 0 Å². The molecule has 0 radical (unpaired) electrons. The molecule has 0 nitrogen and oxygen atoms in total. The first-order chi connectivity index (χ1) is 7.32. The number of rotatable bonds is 0. The predicted molar refractivity (Wildman–Crippen MR) is 58.7 cm³/mol. The van der Waals surface area contributed by atoms with E-state index in [1.807, 2.05) is 13.8 Å². The van der Waals surface area contributed by atoms with Crippen LogP contribution in [0.3, 0.4) is 0 Å². The Labute approximate surface area is 92.1 Å². The topological polar surface area (TPSA) is 0 Å². The summed E-state index contributed by atoms with van der Waals surface area (Å²) in [5.41, 5.74) is 3.51. The van der Waals surface area contributed by atoms with Gasteiger partial charge in [-0.05, 0) is 53.8 Å². The van der Waals surface area contributed by atoms with E-state index in [9.17, 15) is 13.2 Å². The van der Waals surface area contributed by atoms with E-state index in [-0.39, 0.29) is 0 Å². The van der Waals surface area contributed by atoms with Crippen LogP contribution in [0.1, 0.15) is 30.5 Å². The second-order valence-corrected chi connectivity index (χ2v) is 3.99. The van der Waals surface area contributed by atoms with Crippen LogP contribution in [-0.2, 0) is 6.18 Å². The van der Waals surface area contributed by atoms with Gasteiger partial charge in [-0.25, -0.2) is 0 Å². The zero-order valence-electron chi connectivity index (χ0n) is 9.07.